The molecule has 3 fully saturated rings. The van der Waals surface area contributed by atoms with Crippen LogP contribution >= 0.6 is 0 Å². The fraction of sp³-hybridized carbons (Fsp3) is 0.708. The van der Waals surface area contributed by atoms with Gasteiger partial charge in [0, 0.05) is 38.2 Å². The number of hydrogen-bond donors (Lipinski definition) is 1. The molecule has 5 heteroatoms. The first-order valence-electron chi connectivity index (χ1n) is 11.7. The molecule has 160 valence electrons. The van der Waals surface area contributed by atoms with Gasteiger partial charge in [-0.15, -0.1) is 0 Å². The average molecular weight is 399 g/mol. The fourth-order valence-corrected chi connectivity index (χ4v) is 5.06. The van der Waals surface area contributed by atoms with Crippen molar-refractivity contribution in [2.75, 3.05) is 45.9 Å². The second-order valence-corrected chi connectivity index (χ2v) is 9.15. The summed E-state index contributed by atoms with van der Waals surface area (Å²) in [4.78, 5) is 10.1. The van der Waals surface area contributed by atoms with Crippen LogP contribution in [0.3, 0.4) is 0 Å². The largest absolute Gasteiger partial charge is 0.381 e. The van der Waals surface area contributed by atoms with Gasteiger partial charge in [-0.25, -0.2) is 4.99 Å². The van der Waals surface area contributed by atoms with E-state index in [4.69, 9.17) is 9.73 Å². The molecule has 1 unspecified atom stereocenters. The highest BCUT2D eigenvalue weighted by Crippen LogP contribution is 2.38. The van der Waals surface area contributed by atoms with Crippen molar-refractivity contribution in [2.24, 2.45) is 10.4 Å². The number of nitrogens with zero attached hydrogens (tertiary/aromatic N) is 3. The maximum atomic E-state index is 5.69. The van der Waals surface area contributed by atoms with E-state index in [0.29, 0.717) is 5.41 Å². The number of likely N-dealkylation sites (tertiary alicyclic amines) is 2. The molecule has 4 rings (SSSR count). The van der Waals surface area contributed by atoms with Crippen molar-refractivity contribution >= 4 is 5.96 Å². The molecule has 3 heterocycles. The van der Waals surface area contributed by atoms with E-state index in [9.17, 15) is 0 Å². The van der Waals surface area contributed by atoms with E-state index in [0.717, 1.165) is 51.9 Å². The van der Waals surface area contributed by atoms with Crippen LogP contribution in [-0.4, -0.2) is 61.7 Å². The summed E-state index contributed by atoms with van der Waals surface area (Å²) in [6.07, 6.45) is 7.89. The standard InChI is InChI=1S/C24H38N4O/c1-2-25-23(28-14-10-24(19-28)11-15-29-20-24)26-17-21-8-7-9-22(16-21)18-27-12-5-3-4-6-13-27/h7-9,16H,2-6,10-15,17-20H2,1H3,(H,25,26). The van der Waals surface area contributed by atoms with Gasteiger partial charge >= 0.3 is 0 Å². The molecule has 1 aromatic carbocycles. The average Bonchev–Trinajstić information content (AvgIpc) is 3.29. The smallest absolute Gasteiger partial charge is 0.194 e. The number of guanidine groups is 1. The highest BCUT2D eigenvalue weighted by molar-refractivity contribution is 5.80. The second-order valence-electron chi connectivity index (χ2n) is 9.15. The van der Waals surface area contributed by atoms with Gasteiger partial charge in [0.15, 0.2) is 5.96 Å². The van der Waals surface area contributed by atoms with Crippen molar-refractivity contribution in [3.8, 4) is 0 Å². The summed E-state index contributed by atoms with van der Waals surface area (Å²) in [6.45, 7) is 11.4. The molecule has 3 aliphatic rings. The Kier molecular flexibility index (Phi) is 7.09. The molecule has 0 radical (unpaired) electrons. The lowest BCUT2D eigenvalue weighted by atomic mass is 9.87. The normalized spacial score (nSPS) is 26.2. The molecule has 1 spiro atoms. The predicted octanol–water partition coefficient (Wildman–Crippen LogP) is 3.64. The summed E-state index contributed by atoms with van der Waals surface area (Å²) in [5, 5.41) is 3.52. The molecule has 1 N–H and O–H groups in total. The van der Waals surface area contributed by atoms with Crippen molar-refractivity contribution in [1.82, 2.24) is 15.1 Å². The van der Waals surface area contributed by atoms with Crippen LogP contribution in [-0.2, 0) is 17.8 Å². The van der Waals surface area contributed by atoms with Crippen LogP contribution in [0.2, 0.25) is 0 Å². The highest BCUT2D eigenvalue weighted by atomic mass is 16.5. The van der Waals surface area contributed by atoms with Gasteiger partial charge < -0.3 is 15.0 Å². The van der Waals surface area contributed by atoms with Gasteiger partial charge in [-0.05, 0) is 56.8 Å². The third-order valence-electron chi connectivity index (χ3n) is 6.77. The summed E-state index contributed by atoms with van der Waals surface area (Å²) in [6, 6.07) is 9.04. The molecule has 1 atom stereocenters. The van der Waals surface area contributed by atoms with E-state index in [1.54, 1.807) is 0 Å². The minimum atomic E-state index is 0.364. The SMILES string of the molecule is CCNC(=NCc1cccc(CN2CCCCCC2)c1)N1CCC2(CCOC2)C1. The molecule has 0 bridgehead atoms. The van der Waals surface area contributed by atoms with Crippen molar-refractivity contribution in [2.45, 2.75) is 58.5 Å². The quantitative estimate of drug-likeness (QED) is 0.607. The molecule has 3 saturated heterocycles. The highest BCUT2D eigenvalue weighted by Gasteiger charge is 2.42. The zero-order chi connectivity index (χ0) is 19.9. The lowest BCUT2D eigenvalue weighted by Crippen LogP contribution is -2.41. The van der Waals surface area contributed by atoms with Crippen molar-refractivity contribution in [1.29, 1.82) is 0 Å². The summed E-state index contributed by atoms with van der Waals surface area (Å²) < 4.78 is 5.69. The Morgan fingerprint density at radius 1 is 1.10 bits per heavy atom. The number of rotatable bonds is 5. The minimum absolute atomic E-state index is 0.364. The van der Waals surface area contributed by atoms with E-state index in [1.807, 2.05) is 0 Å². The number of ether oxygens (including phenoxy) is 1. The summed E-state index contributed by atoms with van der Waals surface area (Å²) in [7, 11) is 0. The van der Waals surface area contributed by atoms with E-state index in [2.05, 4.69) is 46.3 Å². The van der Waals surface area contributed by atoms with Crippen LogP contribution in [0.1, 0.15) is 56.6 Å². The molecule has 3 aliphatic heterocycles. The number of nitrogens with one attached hydrogen (secondary N) is 1. The maximum Gasteiger partial charge on any atom is 0.194 e. The first-order valence-corrected chi connectivity index (χ1v) is 11.7. The first-order chi connectivity index (χ1) is 14.3. The second kappa shape index (κ2) is 9.94. The Hall–Kier alpha value is -1.59. The predicted molar refractivity (Wildman–Crippen MR) is 119 cm³/mol. The van der Waals surface area contributed by atoms with Gasteiger partial charge in [0.1, 0.15) is 0 Å². The van der Waals surface area contributed by atoms with E-state index in [-0.39, 0.29) is 0 Å². The minimum Gasteiger partial charge on any atom is -0.381 e. The van der Waals surface area contributed by atoms with Gasteiger partial charge in [0.05, 0.1) is 13.2 Å². The fourth-order valence-electron chi connectivity index (χ4n) is 5.06. The topological polar surface area (TPSA) is 40.1 Å². The van der Waals surface area contributed by atoms with Crippen molar-refractivity contribution < 1.29 is 4.74 Å². The van der Waals surface area contributed by atoms with Crippen LogP contribution in [0.15, 0.2) is 29.3 Å². The van der Waals surface area contributed by atoms with Crippen LogP contribution in [0.25, 0.3) is 0 Å². The molecule has 29 heavy (non-hydrogen) atoms. The monoisotopic (exact) mass is 398 g/mol. The lowest BCUT2D eigenvalue weighted by molar-refractivity contribution is 0.156. The third-order valence-corrected chi connectivity index (χ3v) is 6.77. The van der Waals surface area contributed by atoms with Gasteiger partial charge in [0.25, 0.3) is 0 Å². The zero-order valence-electron chi connectivity index (χ0n) is 18.2. The van der Waals surface area contributed by atoms with Gasteiger partial charge in [0.2, 0.25) is 0 Å². The third kappa shape index (κ3) is 5.52. The Morgan fingerprint density at radius 3 is 2.69 bits per heavy atom. The summed E-state index contributed by atoms with van der Waals surface area (Å²) >= 11 is 0. The van der Waals surface area contributed by atoms with E-state index >= 15 is 0 Å². The maximum absolute atomic E-state index is 5.69. The molecular weight excluding hydrogens is 360 g/mol. The van der Waals surface area contributed by atoms with Crippen LogP contribution < -0.4 is 5.32 Å². The van der Waals surface area contributed by atoms with Gasteiger partial charge in [-0.1, -0.05) is 37.1 Å². The number of aliphatic imine (C=N–C) groups is 1. The Balaban J connectivity index is 1.38. The van der Waals surface area contributed by atoms with Gasteiger partial charge in [-0.2, -0.15) is 0 Å². The first kappa shape index (κ1) is 20.7. The molecule has 0 aliphatic carbocycles. The van der Waals surface area contributed by atoms with Crippen molar-refractivity contribution in [3.05, 3.63) is 35.4 Å². The molecule has 1 aromatic rings. The zero-order valence-corrected chi connectivity index (χ0v) is 18.2. The molecule has 5 nitrogen and oxygen atoms in total. The van der Waals surface area contributed by atoms with E-state index in [1.165, 1.54) is 62.7 Å². The molecular formula is C24H38N4O. The van der Waals surface area contributed by atoms with Crippen LogP contribution in [0.5, 0.6) is 0 Å². The summed E-state index contributed by atoms with van der Waals surface area (Å²) in [5.74, 6) is 1.06. The van der Waals surface area contributed by atoms with Crippen LogP contribution in [0, 0.1) is 5.41 Å². The number of benzene rings is 1. The van der Waals surface area contributed by atoms with Crippen molar-refractivity contribution in [3.63, 3.8) is 0 Å². The van der Waals surface area contributed by atoms with Crippen LogP contribution in [0.4, 0.5) is 0 Å². The van der Waals surface area contributed by atoms with Gasteiger partial charge in [-0.3, -0.25) is 4.90 Å². The Labute approximate surface area is 176 Å². The molecule has 0 saturated carbocycles. The number of hydrogen-bond acceptors (Lipinski definition) is 3. The molecule has 0 aromatic heterocycles. The van der Waals surface area contributed by atoms with E-state index < -0.39 is 0 Å². The summed E-state index contributed by atoms with van der Waals surface area (Å²) in [5.41, 5.74) is 3.10. The lowest BCUT2D eigenvalue weighted by Gasteiger charge is -2.25. The molecule has 0 amide bonds. The Morgan fingerprint density at radius 2 is 1.93 bits per heavy atom. The Bertz CT molecular complexity index is 675.